The summed E-state index contributed by atoms with van der Waals surface area (Å²) in [5.41, 5.74) is 2.06. The van der Waals surface area contributed by atoms with Crippen molar-refractivity contribution in [2.45, 2.75) is 13.0 Å². The van der Waals surface area contributed by atoms with Crippen molar-refractivity contribution < 1.29 is 28.6 Å². The number of aromatic nitrogens is 2. The zero-order chi connectivity index (χ0) is 27.4. The van der Waals surface area contributed by atoms with Crippen molar-refractivity contribution >= 4 is 60.9 Å². The van der Waals surface area contributed by atoms with Gasteiger partial charge in [-0.3, -0.25) is 19.5 Å². The third kappa shape index (κ3) is 4.00. The van der Waals surface area contributed by atoms with E-state index >= 15 is 0 Å². The zero-order valence-corrected chi connectivity index (χ0v) is 22.5. The number of nitrogens with zero attached hydrogens (tertiary/aromatic N) is 3. The smallest absolute Gasteiger partial charge is 0.296 e. The van der Waals surface area contributed by atoms with Gasteiger partial charge in [-0.25, -0.2) is 4.98 Å². The van der Waals surface area contributed by atoms with Gasteiger partial charge in [-0.1, -0.05) is 29.0 Å². The second kappa shape index (κ2) is 9.40. The van der Waals surface area contributed by atoms with Crippen molar-refractivity contribution in [3.8, 4) is 11.5 Å². The van der Waals surface area contributed by atoms with Crippen LogP contribution in [0.15, 0.2) is 70.5 Å². The van der Waals surface area contributed by atoms with Crippen LogP contribution in [0.1, 0.15) is 27.9 Å². The Labute approximate surface area is 230 Å². The summed E-state index contributed by atoms with van der Waals surface area (Å²) in [6, 6.07) is 12.5. The molecule has 1 N–H and O–H groups in total. The SMILES string of the molecule is COc1cc2sc(N3C(=O)C(O)=C(C(=O)c4cc5cc(Cl)cc(OC)c5o4)C3c3ccccn3)nc2cc1C. The molecule has 2 aromatic carbocycles. The van der Waals surface area contributed by atoms with E-state index in [4.69, 9.17) is 25.5 Å². The maximum Gasteiger partial charge on any atom is 0.296 e. The first kappa shape index (κ1) is 24.9. The van der Waals surface area contributed by atoms with Gasteiger partial charge in [0.05, 0.1) is 35.7 Å². The zero-order valence-electron chi connectivity index (χ0n) is 20.9. The number of hydrogen-bond donors (Lipinski definition) is 1. The van der Waals surface area contributed by atoms with Crippen LogP contribution in [-0.4, -0.2) is 41.0 Å². The molecule has 0 aliphatic carbocycles. The number of aliphatic hydroxyl groups is 1. The molecule has 1 amide bonds. The number of halogens is 1. The lowest BCUT2D eigenvalue weighted by molar-refractivity contribution is -0.117. The number of hydrogen-bond acceptors (Lipinski definition) is 9. The molecule has 1 atom stereocenters. The average molecular weight is 562 g/mol. The summed E-state index contributed by atoms with van der Waals surface area (Å²) in [6.07, 6.45) is 1.55. The lowest BCUT2D eigenvalue weighted by atomic mass is 9.98. The van der Waals surface area contributed by atoms with E-state index in [2.05, 4.69) is 9.97 Å². The molecule has 0 spiro atoms. The molecule has 4 heterocycles. The number of furan rings is 1. The lowest BCUT2D eigenvalue weighted by Gasteiger charge is -2.23. The molecular weight excluding hydrogens is 542 g/mol. The van der Waals surface area contributed by atoms with E-state index < -0.39 is 23.5 Å². The Morgan fingerprint density at radius 1 is 1.13 bits per heavy atom. The number of fused-ring (bicyclic) bond motifs is 2. The first-order chi connectivity index (χ1) is 18.8. The number of thiazole rings is 1. The molecule has 3 aromatic heterocycles. The topological polar surface area (TPSA) is 115 Å². The van der Waals surface area contributed by atoms with Crippen LogP contribution >= 0.6 is 22.9 Å². The molecule has 0 fully saturated rings. The van der Waals surface area contributed by atoms with Gasteiger partial charge in [0, 0.05) is 22.7 Å². The normalized spacial score (nSPS) is 15.5. The number of rotatable bonds is 6. The predicted octanol–water partition coefficient (Wildman–Crippen LogP) is 6.20. The van der Waals surface area contributed by atoms with E-state index in [9.17, 15) is 14.7 Å². The second-order valence-electron chi connectivity index (χ2n) is 8.85. The highest BCUT2D eigenvalue weighted by Gasteiger charge is 2.47. The molecule has 5 aromatic rings. The van der Waals surface area contributed by atoms with Crippen LogP contribution < -0.4 is 14.4 Å². The monoisotopic (exact) mass is 561 g/mol. The molecule has 1 unspecified atom stereocenters. The summed E-state index contributed by atoms with van der Waals surface area (Å²) in [5, 5.41) is 12.3. The number of ether oxygens (including phenoxy) is 2. The Morgan fingerprint density at radius 3 is 2.64 bits per heavy atom. The van der Waals surface area contributed by atoms with Gasteiger partial charge in [0.25, 0.3) is 5.91 Å². The number of amides is 1. The van der Waals surface area contributed by atoms with Gasteiger partial charge in [-0.15, -0.1) is 0 Å². The molecular formula is C28H20ClN3O6S. The maximum atomic E-state index is 13.9. The third-order valence-corrected chi connectivity index (χ3v) is 7.75. The standard InChI is InChI=1S/C28H20ClN3O6S/c1-13-8-17-21(12-18(13)36-2)39-28(31-17)32-23(16-6-4-5-7-30-16)22(25(34)27(32)35)24(33)19-10-14-9-15(29)11-20(37-3)26(14)38-19/h4-12,23,34H,1-3H3. The average Bonchev–Trinajstić information content (AvgIpc) is 3.61. The Balaban J connectivity index is 1.50. The van der Waals surface area contributed by atoms with Crippen LogP contribution in [0.5, 0.6) is 11.5 Å². The van der Waals surface area contributed by atoms with Crippen molar-refractivity contribution in [2.24, 2.45) is 0 Å². The highest BCUT2D eigenvalue weighted by Crippen LogP contribution is 2.45. The van der Waals surface area contributed by atoms with Crippen LogP contribution in [-0.2, 0) is 4.79 Å². The summed E-state index contributed by atoms with van der Waals surface area (Å²) in [6.45, 7) is 1.90. The Morgan fingerprint density at radius 2 is 1.92 bits per heavy atom. The van der Waals surface area contributed by atoms with Gasteiger partial charge in [0.2, 0.25) is 5.78 Å². The first-order valence-electron chi connectivity index (χ1n) is 11.7. The van der Waals surface area contributed by atoms with Crippen LogP contribution in [0.3, 0.4) is 0 Å². The van der Waals surface area contributed by atoms with Gasteiger partial charge in [-0.2, -0.15) is 0 Å². The minimum absolute atomic E-state index is 0.0904. The molecule has 11 heteroatoms. The largest absolute Gasteiger partial charge is 0.503 e. The summed E-state index contributed by atoms with van der Waals surface area (Å²) < 4.78 is 17.4. The molecule has 0 bridgehead atoms. The number of carbonyl (C=O) groups excluding carboxylic acids is 2. The van der Waals surface area contributed by atoms with Crippen molar-refractivity contribution in [3.63, 3.8) is 0 Å². The van der Waals surface area contributed by atoms with Gasteiger partial charge >= 0.3 is 0 Å². The number of aryl methyl sites for hydroxylation is 1. The summed E-state index contributed by atoms with van der Waals surface area (Å²) in [7, 11) is 3.04. The fourth-order valence-corrected chi connectivity index (χ4v) is 5.92. The molecule has 39 heavy (non-hydrogen) atoms. The van der Waals surface area contributed by atoms with E-state index in [-0.39, 0.29) is 11.3 Å². The minimum Gasteiger partial charge on any atom is -0.503 e. The molecule has 0 radical (unpaired) electrons. The fraction of sp³-hybridized carbons (Fsp3) is 0.143. The number of ketones is 1. The molecule has 0 saturated carbocycles. The summed E-state index contributed by atoms with van der Waals surface area (Å²) in [4.78, 5) is 37.8. The fourth-order valence-electron chi connectivity index (χ4n) is 4.70. The number of anilines is 1. The first-order valence-corrected chi connectivity index (χ1v) is 12.9. The molecule has 0 saturated heterocycles. The highest BCUT2D eigenvalue weighted by molar-refractivity contribution is 7.22. The number of carbonyl (C=O) groups is 2. The van der Waals surface area contributed by atoms with Crippen LogP contribution in [0.25, 0.3) is 21.2 Å². The van der Waals surface area contributed by atoms with Crippen molar-refractivity contribution in [1.29, 1.82) is 0 Å². The molecule has 196 valence electrons. The van der Waals surface area contributed by atoms with Crippen LogP contribution in [0, 0.1) is 6.92 Å². The summed E-state index contributed by atoms with van der Waals surface area (Å²) in [5.74, 6) is -1.20. The summed E-state index contributed by atoms with van der Waals surface area (Å²) >= 11 is 7.42. The van der Waals surface area contributed by atoms with E-state index in [1.807, 2.05) is 19.1 Å². The number of pyridine rings is 1. The van der Waals surface area contributed by atoms with Gasteiger partial charge in [-0.05, 0) is 48.9 Å². The third-order valence-electron chi connectivity index (χ3n) is 6.51. The Hall–Kier alpha value is -4.41. The van der Waals surface area contributed by atoms with Crippen LogP contribution in [0.2, 0.25) is 5.02 Å². The van der Waals surface area contributed by atoms with Crippen molar-refractivity contribution in [1.82, 2.24) is 9.97 Å². The molecule has 1 aliphatic heterocycles. The maximum absolute atomic E-state index is 13.9. The number of aliphatic hydroxyl groups excluding tert-OH is 1. The molecule has 6 rings (SSSR count). The second-order valence-corrected chi connectivity index (χ2v) is 10.3. The quantitative estimate of drug-likeness (QED) is 0.244. The van der Waals surface area contributed by atoms with Gasteiger partial charge in [0.15, 0.2) is 28.0 Å². The highest BCUT2D eigenvalue weighted by atomic mass is 35.5. The number of methoxy groups -OCH3 is 2. The van der Waals surface area contributed by atoms with Gasteiger partial charge < -0.3 is 19.0 Å². The Kier molecular flexibility index (Phi) is 6.00. The van der Waals surface area contributed by atoms with Gasteiger partial charge in [0.1, 0.15) is 11.8 Å². The molecule has 9 nitrogen and oxygen atoms in total. The van der Waals surface area contributed by atoms with E-state index in [1.165, 1.54) is 29.4 Å². The minimum atomic E-state index is -1.05. The number of benzene rings is 2. The Bertz CT molecular complexity index is 1830. The lowest BCUT2D eigenvalue weighted by Crippen LogP contribution is -2.31. The van der Waals surface area contributed by atoms with Crippen LogP contribution in [0.4, 0.5) is 5.13 Å². The number of Topliss-reactive ketones (excluding diaryl/α,β-unsaturated/α-hetero) is 1. The molecule has 1 aliphatic rings. The van der Waals surface area contributed by atoms with E-state index in [0.29, 0.717) is 43.8 Å². The van der Waals surface area contributed by atoms with E-state index in [1.54, 1.807) is 43.6 Å². The van der Waals surface area contributed by atoms with Crippen molar-refractivity contribution in [2.75, 3.05) is 19.1 Å². The van der Waals surface area contributed by atoms with Crippen molar-refractivity contribution in [3.05, 3.63) is 88.1 Å². The van der Waals surface area contributed by atoms with E-state index in [0.717, 1.165) is 10.3 Å². The predicted molar refractivity (Wildman–Crippen MR) is 147 cm³/mol.